The normalized spacial score (nSPS) is 12.2. The number of methoxy groups -OCH3 is 1. The highest BCUT2D eigenvalue weighted by atomic mass is 16.5. The first-order chi connectivity index (χ1) is 15.9. The summed E-state index contributed by atoms with van der Waals surface area (Å²) in [5, 5.41) is 12.5. The van der Waals surface area contributed by atoms with Gasteiger partial charge in [-0.15, -0.1) is 0 Å². The zero-order chi connectivity index (χ0) is 24.0. The number of amides is 1. The fraction of sp³-hybridized carbons (Fsp3) is 0.320. The summed E-state index contributed by atoms with van der Waals surface area (Å²) < 4.78 is 10.8. The highest BCUT2D eigenvalue weighted by Crippen LogP contribution is 2.40. The molecule has 3 rings (SSSR count). The minimum Gasteiger partial charge on any atom is -0.493 e. The van der Waals surface area contributed by atoms with Crippen molar-refractivity contribution in [3.05, 3.63) is 59.4 Å². The number of carbonyl (C=O) groups excluding carboxylic acids is 2. The number of ketones is 1. The van der Waals surface area contributed by atoms with Gasteiger partial charge >= 0.3 is 0 Å². The van der Waals surface area contributed by atoms with Gasteiger partial charge in [0.2, 0.25) is 5.91 Å². The van der Waals surface area contributed by atoms with Crippen molar-refractivity contribution in [2.24, 2.45) is 0 Å². The fourth-order valence-electron chi connectivity index (χ4n) is 3.79. The minimum atomic E-state index is -0.364. The van der Waals surface area contributed by atoms with Crippen LogP contribution in [0.25, 0.3) is 0 Å². The molecule has 0 spiro atoms. The quantitative estimate of drug-likeness (QED) is 0.464. The van der Waals surface area contributed by atoms with E-state index in [1.807, 2.05) is 67.2 Å². The van der Waals surface area contributed by atoms with Crippen molar-refractivity contribution in [2.75, 3.05) is 37.6 Å². The Kier molecular flexibility index (Phi) is 7.57. The van der Waals surface area contributed by atoms with Gasteiger partial charge in [-0.1, -0.05) is 18.2 Å². The number of carbonyl (C=O) groups is 2. The lowest BCUT2D eigenvalue weighted by Crippen LogP contribution is -2.27. The second-order valence-corrected chi connectivity index (χ2v) is 7.54. The molecule has 1 aliphatic heterocycles. The first kappa shape index (κ1) is 23.7. The molecule has 0 aliphatic carbocycles. The van der Waals surface area contributed by atoms with Crippen LogP contribution in [-0.2, 0) is 16.1 Å². The molecule has 0 aromatic heterocycles. The number of allylic oxidation sites excluding steroid dienone is 1. The van der Waals surface area contributed by atoms with E-state index in [1.54, 1.807) is 19.2 Å². The van der Waals surface area contributed by atoms with Crippen LogP contribution in [0.2, 0.25) is 0 Å². The van der Waals surface area contributed by atoms with Gasteiger partial charge in [-0.3, -0.25) is 9.59 Å². The number of anilines is 2. The Balaban J connectivity index is 1.61. The Hall–Kier alpha value is -3.99. The van der Waals surface area contributed by atoms with Crippen molar-refractivity contribution in [2.45, 2.75) is 26.3 Å². The second kappa shape index (κ2) is 10.6. The minimum absolute atomic E-state index is 0.00810. The van der Waals surface area contributed by atoms with E-state index < -0.39 is 0 Å². The molecular weight excluding hydrogens is 420 g/mol. The standard InChI is InChI=1S/C25H28N4O4/c1-5-33-22-12-10-17(14-23(22)32-4)16-27-24(31)13-11-21(30)18(15-26)25-28(2)19-8-6-7-9-20(19)29(25)3/h6-10,12,14H,5,11,13,16H2,1-4H3,(H,27,31). The molecule has 172 valence electrons. The maximum Gasteiger partial charge on any atom is 0.220 e. The van der Waals surface area contributed by atoms with Crippen molar-refractivity contribution in [3.8, 4) is 17.6 Å². The van der Waals surface area contributed by atoms with E-state index in [0.29, 0.717) is 30.5 Å². The van der Waals surface area contributed by atoms with Crippen LogP contribution in [0.5, 0.6) is 11.5 Å². The summed E-state index contributed by atoms with van der Waals surface area (Å²) in [7, 11) is 5.20. The SMILES string of the molecule is CCOc1ccc(CNC(=O)CCC(=O)C(C#N)=C2N(C)c3ccccc3N2C)cc1OC. The van der Waals surface area contributed by atoms with Crippen LogP contribution < -0.4 is 24.6 Å². The summed E-state index contributed by atoms with van der Waals surface area (Å²) in [6, 6.07) is 15.2. The Labute approximate surface area is 194 Å². The third kappa shape index (κ3) is 5.09. The van der Waals surface area contributed by atoms with Gasteiger partial charge in [-0.05, 0) is 36.8 Å². The van der Waals surface area contributed by atoms with Gasteiger partial charge in [0.15, 0.2) is 17.3 Å². The van der Waals surface area contributed by atoms with Crippen molar-refractivity contribution in [3.63, 3.8) is 0 Å². The molecule has 0 fully saturated rings. The van der Waals surface area contributed by atoms with Crippen LogP contribution >= 0.6 is 0 Å². The Bertz CT molecular complexity index is 1090. The number of nitrogens with one attached hydrogen (secondary N) is 1. The molecule has 0 saturated carbocycles. The molecule has 0 radical (unpaired) electrons. The first-order valence-electron chi connectivity index (χ1n) is 10.7. The smallest absolute Gasteiger partial charge is 0.220 e. The van der Waals surface area contributed by atoms with Crippen LogP contribution in [0.15, 0.2) is 53.9 Å². The summed E-state index contributed by atoms with van der Waals surface area (Å²) in [6.45, 7) is 2.71. The largest absolute Gasteiger partial charge is 0.493 e. The Morgan fingerprint density at radius 1 is 1.03 bits per heavy atom. The number of nitriles is 1. The average Bonchev–Trinajstić information content (AvgIpc) is 3.08. The predicted octanol–water partition coefficient (Wildman–Crippen LogP) is 3.38. The number of fused-ring (bicyclic) bond motifs is 1. The number of nitrogens with zero attached hydrogens (tertiary/aromatic N) is 3. The highest BCUT2D eigenvalue weighted by Gasteiger charge is 2.31. The van der Waals surface area contributed by atoms with Crippen LogP contribution in [0.1, 0.15) is 25.3 Å². The van der Waals surface area contributed by atoms with E-state index >= 15 is 0 Å². The van der Waals surface area contributed by atoms with Gasteiger partial charge in [0, 0.05) is 33.5 Å². The number of Topliss-reactive ketones (excluding diaryl/α,β-unsaturated/α-hetero) is 1. The summed E-state index contributed by atoms with van der Waals surface area (Å²) in [5.41, 5.74) is 2.72. The van der Waals surface area contributed by atoms with Crippen molar-refractivity contribution < 1.29 is 19.1 Å². The van der Waals surface area contributed by atoms with Gasteiger partial charge in [0.05, 0.1) is 25.1 Å². The summed E-state index contributed by atoms with van der Waals surface area (Å²) >= 11 is 0. The number of para-hydroxylation sites is 2. The maximum atomic E-state index is 12.8. The molecule has 8 nitrogen and oxygen atoms in total. The lowest BCUT2D eigenvalue weighted by molar-refractivity contribution is -0.124. The molecule has 1 aliphatic rings. The molecule has 1 heterocycles. The topological polar surface area (TPSA) is 94.9 Å². The van der Waals surface area contributed by atoms with E-state index in [2.05, 4.69) is 5.32 Å². The molecule has 2 aromatic rings. The van der Waals surface area contributed by atoms with Crippen LogP contribution in [0.4, 0.5) is 11.4 Å². The molecule has 0 saturated heterocycles. The third-order valence-corrected chi connectivity index (χ3v) is 5.45. The van der Waals surface area contributed by atoms with E-state index in [0.717, 1.165) is 16.9 Å². The number of benzene rings is 2. The molecule has 1 amide bonds. The van der Waals surface area contributed by atoms with Gasteiger partial charge in [0.25, 0.3) is 0 Å². The van der Waals surface area contributed by atoms with Crippen molar-refractivity contribution in [1.82, 2.24) is 5.32 Å². The predicted molar refractivity (Wildman–Crippen MR) is 126 cm³/mol. The molecule has 2 aromatic carbocycles. The highest BCUT2D eigenvalue weighted by molar-refractivity contribution is 6.03. The third-order valence-electron chi connectivity index (χ3n) is 5.45. The summed E-state index contributed by atoms with van der Waals surface area (Å²) in [4.78, 5) is 28.8. The average molecular weight is 449 g/mol. The molecular formula is C25H28N4O4. The van der Waals surface area contributed by atoms with E-state index in [9.17, 15) is 14.9 Å². The fourth-order valence-corrected chi connectivity index (χ4v) is 3.79. The Morgan fingerprint density at radius 2 is 1.70 bits per heavy atom. The lowest BCUT2D eigenvalue weighted by atomic mass is 10.1. The first-order valence-corrected chi connectivity index (χ1v) is 10.7. The molecule has 0 atom stereocenters. The zero-order valence-electron chi connectivity index (χ0n) is 19.3. The number of hydrogen-bond donors (Lipinski definition) is 1. The molecule has 8 heteroatoms. The zero-order valence-corrected chi connectivity index (χ0v) is 19.3. The molecule has 0 bridgehead atoms. The van der Waals surface area contributed by atoms with E-state index in [4.69, 9.17) is 9.47 Å². The van der Waals surface area contributed by atoms with Crippen molar-refractivity contribution in [1.29, 1.82) is 5.26 Å². The number of hydrogen-bond acceptors (Lipinski definition) is 7. The van der Waals surface area contributed by atoms with Gasteiger partial charge in [-0.2, -0.15) is 5.26 Å². The maximum absolute atomic E-state index is 12.8. The van der Waals surface area contributed by atoms with Gasteiger partial charge in [-0.25, -0.2) is 0 Å². The summed E-state index contributed by atoms with van der Waals surface area (Å²) in [5.74, 6) is 1.12. The summed E-state index contributed by atoms with van der Waals surface area (Å²) in [6.07, 6.45) is -0.0608. The monoisotopic (exact) mass is 448 g/mol. The molecule has 0 unspecified atom stereocenters. The molecule has 33 heavy (non-hydrogen) atoms. The number of rotatable bonds is 9. The van der Waals surface area contributed by atoms with Crippen LogP contribution in [0, 0.1) is 11.3 Å². The van der Waals surface area contributed by atoms with Gasteiger partial charge < -0.3 is 24.6 Å². The van der Waals surface area contributed by atoms with Crippen LogP contribution in [0.3, 0.4) is 0 Å². The van der Waals surface area contributed by atoms with Crippen molar-refractivity contribution >= 4 is 23.1 Å². The van der Waals surface area contributed by atoms with E-state index in [-0.39, 0.29) is 30.1 Å². The molecule has 1 N–H and O–H groups in total. The van der Waals surface area contributed by atoms with Crippen LogP contribution in [-0.4, -0.2) is 39.5 Å². The lowest BCUT2D eigenvalue weighted by Gasteiger charge is -2.19. The Morgan fingerprint density at radius 3 is 2.27 bits per heavy atom. The second-order valence-electron chi connectivity index (χ2n) is 7.54. The number of ether oxygens (including phenoxy) is 2. The van der Waals surface area contributed by atoms with E-state index in [1.165, 1.54) is 0 Å². The van der Waals surface area contributed by atoms with Gasteiger partial charge in [0.1, 0.15) is 17.5 Å².